The summed E-state index contributed by atoms with van der Waals surface area (Å²) < 4.78 is 30.0. The molecule has 2 aliphatic rings. The summed E-state index contributed by atoms with van der Waals surface area (Å²) in [5.41, 5.74) is 8.47. The van der Waals surface area contributed by atoms with Crippen LogP contribution < -0.4 is 4.74 Å². The van der Waals surface area contributed by atoms with Crippen LogP contribution in [-0.2, 0) is 9.47 Å². The SMILES string of the molecule is CC(C)(C)C1=C(c2cc(O)c3nc(-c4ccccc4)oc3c2)OCC1(C)C.COc1cc(C2=C(C(C)(C)C)C(C)(C)CO2)cc2oc(-c3ccccc3)nc12. The number of hydrogen-bond donors (Lipinski definition) is 1. The lowest BCUT2D eigenvalue weighted by Gasteiger charge is -2.30. The van der Waals surface area contributed by atoms with Crippen molar-refractivity contribution in [3.8, 4) is 34.4 Å². The molecule has 0 unspecified atom stereocenters. The Kier molecular flexibility index (Phi) is 9.39. The van der Waals surface area contributed by atoms with Crippen molar-refractivity contribution >= 4 is 33.7 Å². The van der Waals surface area contributed by atoms with E-state index in [2.05, 4.69) is 79.2 Å². The lowest BCUT2D eigenvalue weighted by atomic mass is 9.71. The van der Waals surface area contributed by atoms with Gasteiger partial charge in [-0.05, 0) is 70.5 Å². The van der Waals surface area contributed by atoms with E-state index in [1.54, 1.807) is 13.2 Å². The lowest BCUT2D eigenvalue weighted by Crippen LogP contribution is -2.24. The van der Waals surface area contributed by atoms with Crippen LogP contribution in [0.4, 0.5) is 0 Å². The molecule has 55 heavy (non-hydrogen) atoms. The molecule has 0 radical (unpaired) electrons. The Morgan fingerprint density at radius 2 is 1.00 bits per heavy atom. The molecule has 0 saturated heterocycles. The molecule has 0 atom stereocenters. The number of aromatic nitrogens is 2. The molecule has 8 rings (SSSR count). The Bertz CT molecular complexity index is 2430. The number of oxazole rings is 2. The van der Waals surface area contributed by atoms with Crippen LogP contribution in [0.1, 0.15) is 80.4 Å². The van der Waals surface area contributed by atoms with Gasteiger partial charge in [0.15, 0.2) is 22.2 Å². The zero-order valence-corrected chi connectivity index (χ0v) is 33.9. The second-order valence-electron chi connectivity index (χ2n) is 17.9. The van der Waals surface area contributed by atoms with Crippen molar-refractivity contribution in [2.24, 2.45) is 21.7 Å². The van der Waals surface area contributed by atoms with Crippen molar-refractivity contribution in [2.45, 2.75) is 69.2 Å². The summed E-state index contributed by atoms with van der Waals surface area (Å²) in [6.07, 6.45) is 0. The van der Waals surface area contributed by atoms with E-state index in [1.807, 2.05) is 78.9 Å². The van der Waals surface area contributed by atoms with Crippen molar-refractivity contribution < 1.29 is 28.2 Å². The Balaban J connectivity index is 0.000000169. The normalized spacial score (nSPS) is 16.6. The van der Waals surface area contributed by atoms with Crippen molar-refractivity contribution in [2.75, 3.05) is 20.3 Å². The lowest BCUT2D eigenvalue weighted by molar-refractivity contribution is 0.213. The molecule has 0 fully saturated rings. The maximum absolute atomic E-state index is 10.6. The highest BCUT2D eigenvalue weighted by Crippen LogP contribution is 2.52. The van der Waals surface area contributed by atoms with Crippen LogP contribution >= 0.6 is 0 Å². The van der Waals surface area contributed by atoms with Crippen LogP contribution in [0, 0.1) is 21.7 Å². The molecule has 8 nitrogen and oxygen atoms in total. The first-order valence-electron chi connectivity index (χ1n) is 18.9. The molecule has 4 aromatic carbocycles. The summed E-state index contributed by atoms with van der Waals surface area (Å²) in [4.78, 5) is 9.14. The fourth-order valence-corrected chi connectivity index (χ4v) is 8.41. The molecule has 4 heterocycles. The van der Waals surface area contributed by atoms with Gasteiger partial charge in [-0.3, -0.25) is 0 Å². The molecule has 0 aliphatic carbocycles. The Labute approximate surface area is 323 Å². The molecule has 0 amide bonds. The third kappa shape index (κ3) is 7.22. The Morgan fingerprint density at radius 1 is 0.582 bits per heavy atom. The van der Waals surface area contributed by atoms with E-state index in [0.29, 0.717) is 47.4 Å². The highest BCUT2D eigenvalue weighted by molar-refractivity contribution is 5.88. The third-order valence-corrected chi connectivity index (χ3v) is 10.2. The van der Waals surface area contributed by atoms with Gasteiger partial charge in [0.2, 0.25) is 11.8 Å². The van der Waals surface area contributed by atoms with Crippen LogP contribution in [0.3, 0.4) is 0 Å². The van der Waals surface area contributed by atoms with Gasteiger partial charge >= 0.3 is 0 Å². The van der Waals surface area contributed by atoms with E-state index in [0.717, 1.165) is 39.3 Å². The van der Waals surface area contributed by atoms with Crippen molar-refractivity contribution in [3.63, 3.8) is 0 Å². The topological polar surface area (TPSA) is 100.0 Å². The van der Waals surface area contributed by atoms with Gasteiger partial charge in [0.05, 0.1) is 20.3 Å². The van der Waals surface area contributed by atoms with Gasteiger partial charge in [-0.15, -0.1) is 0 Å². The van der Waals surface area contributed by atoms with Crippen molar-refractivity contribution in [1.82, 2.24) is 9.97 Å². The maximum Gasteiger partial charge on any atom is 0.227 e. The molecule has 2 aromatic heterocycles. The quantitative estimate of drug-likeness (QED) is 0.186. The summed E-state index contributed by atoms with van der Waals surface area (Å²) in [6.45, 7) is 23.4. The van der Waals surface area contributed by atoms with Gasteiger partial charge in [0.25, 0.3) is 0 Å². The van der Waals surface area contributed by atoms with Gasteiger partial charge in [0.1, 0.15) is 23.0 Å². The number of ether oxygens (including phenoxy) is 3. The third-order valence-electron chi connectivity index (χ3n) is 10.2. The van der Waals surface area contributed by atoms with Crippen LogP contribution in [0.25, 0.3) is 56.6 Å². The summed E-state index contributed by atoms with van der Waals surface area (Å²) in [6, 6.07) is 27.2. The molecule has 0 bridgehead atoms. The predicted molar refractivity (Wildman–Crippen MR) is 219 cm³/mol. The maximum atomic E-state index is 10.6. The summed E-state index contributed by atoms with van der Waals surface area (Å²) in [5, 5.41) is 10.6. The fourth-order valence-electron chi connectivity index (χ4n) is 8.41. The van der Waals surface area contributed by atoms with Gasteiger partial charge in [-0.25, -0.2) is 9.97 Å². The minimum atomic E-state index is -0.0607. The number of fused-ring (bicyclic) bond motifs is 2. The number of phenolic OH excluding ortho intramolecular Hbond substituents is 1. The van der Waals surface area contributed by atoms with E-state index in [1.165, 1.54) is 11.1 Å². The first kappa shape index (κ1) is 37.8. The number of rotatable bonds is 5. The van der Waals surface area contributed by atoms with Gasteiger partial charge < -0.3 is 28.2 Å². The number of phenols is 1. The molecule has 0 saturated carbocycles. The van der Waals surface area contributed by atoms with Crippen LogP contribution in [0.15, 0.2) is 105 Å². The van der Waals surface area contributed by atoms with Gasteiger partial charge in [0, 0.05) is 33.1 Å². The van der Waals surface area contributed by atoms with Crippen molar-refractivity contribution in [3.05, 3.63) is 107 Å². The molecule has 8 heteroatoms. The Hall–Kier alpha value is -5.50. The minimum absolute atomic E-state index is 0.00581. The molecule has 286 valence electrons. The second-order valence-corrected chi connectivity index (χ2v) is 17.9. The number of nitrogens with zero attached hydrogens (tertiary/aromatic N) is 2. The smallest absolute Gasteiger partial charge is 0.227 e. The van der Waals surface area contributed by atoms with E-state index >= 15 is 0 Å². The molecular weight excluding hydrogens is 689 g/mol. The number of benzene rings is 4. The highest BCUT2D eigenvalue weighted by atomic mass is 16.5. The van der Waals surface area contributed by atoms with Crippen molar-refractivity contribution in [1.29, 1.82) is 0 Å². The largest absolute Gasteiger partial charge is 0.506 e. The van der Waals surface area contributed by atoms with Gasteiger partial charge in [-0.2, -0.15) is 0 Å². The average Bonchev–Trinajstić information content (AvgIpc) is 3.90. The number of hydrogen-bond acceptors (Lipinski definition) is 8. The molecular formula is C47H52N2O6. The molecule has 1 N–H and O–H groups in total. The van der Waals surface area contributed by atoms with E-state index in [-0.39, 0.29) is 27.4 Å². The standard InChI is InChI=1S/C24H27NO3.C23H25NO3/c1-23(2,3)21-20(27-14-24(21,4)5)16-12-17(26-6)19-18(13-16)28-22(25-19)15-10-8-7-9-11-15;1-22(2,3)20-19(26-13-23(20,4)5)15-11-16(25)18-17(12-15)27-21(24-18)14-9-7-6-8-10-14/h7-13H,14H2,1-6H3;6-12,25H,13H2,1-5H3. The minimum Gasteiger partial charge on any atom is -0.506 e. The predicted octanol–water partition coefficient (Wildman–Crippen LogP) is 12.3. The summed E-state index contributed by atoms with van der Waals surface area (Å²) in [5.74, 6) is 3.63. The fraction of sp³-hybridized carbons (Fsp3) is 0.362. The van der Waals surface area contributed by atoms with E-state index in [9.17, 15) is 5.11 Å². The molecule has 6 aromatic rings. The summed E-state index contributed by atoms with van der Waals surface area (Å²) >= 11 is 0. The Morgan fingerprint density at radius 3 is 1.44 bits per heavy atom. The monoisotopic (exact) mass is 740 g/mol. The van der Waals surface area contributed by atoms with E-state index < -0.39 is 0 Å². The molecule has 0 spiro atoms. The van der Waals surface area contributed by atoms with Crippen LogP contribution in [0.2, 0.25) is 0 Å². The van der Waals surface area contributed by atoms with Gasteiger partial charge in [-0.1, -0.05) is 106 Å². The number of methoxy groups -OCH3 is 1. The van der Waals surface area contributed by atoms with Crippen LogP contribution in [-0.4, -0.2) is 35.4 Å². The second kappa shape index (κ2) is 13.7. The zero-order chi connectivity index (χ0) is 39.5. The molecule has 2 aliphatic heterocycles. The summed E-state index contributed by atoms with van der Waals surface area (Å²) in [7, 11) is 1.66. The average molecular weight is 741 g/mol. The highest BCUT2D eigenvalue weighted by Gasteiger charge is 2.42. The van der Waals surface area contributed by atoms with Crippen LogP contribution in [0.5, 0.6) is 11.5 Å². The first-order chi connectivity index (χ1) is 25.9. The number of aromatic hydroxyl groups is 1. The first-order valence-corrected chi connectivity index (χ1v) is 18.9. The van der Waals surface area contributed by atoms with E-state index in [4.69, 9.17) is 23.0 Å². The zero-order valence-electron chi connectivity index (χ0n) is 33.9.